The smallest absolute Gasteiger partial charge is 0.251 e. The van der Waals surface area contributed by atoms with Crippen LogP contribution in [0.15, 0.2) is 0 Å². The van der Waals surface area contributed by atoms with E-state index in [1.165, 1.54) is 0 Å². The van der Waals surface area contributed by atoms with Gasteiger partial charge in [-0.15, -0.1) is 0 Å². The van der Waals surface area contributed by atoms with Crippen LogP contribution in [-0.4, -0.2) is 43.0 Å². The molecule has 1 aliphatic heterocycles. The average Bonchev–Trinajstić information content (AvgIpc) is 1.97. The molecule has 2 nitrogen and oxygen atoms in total. The Hall–Kier alpha value is -0.220. The largest absolute Gasteiger partial charge is 0.314 e. The summed E-state index contributed by atoms with van der Waals surface area (Å²) in [6, 6.07) is 0.450. The Labute approximate surface area is 71.9 Å². The van der Waals surface area contributed by atoms with E-state index in [2.05, 4.69) is 5.32 Å². The summed E-state index contributed by atoms with van der Waals surface area (Å²) >= 11 is 0. The molecule has 4 heteroatoms. The summed E-state index contributed by atoms with van der Waals surface area (Å²) in [5, 5.41) is 3.20. The molecular formula is C8H16F2N2. The van der Waals surface area contributed by atoms with Gasteiger partial charge in [-0.2, -0.15) is 0 Å². The number of piperazine rings is 1. The van der Waals surface area contributed by atoms with E-state index in [9.17, 15) is 8.78 Å². The van der Waals surface area contributed by atoms with Gasteiger partial charge in [-0.3, -0.25) is 4.90 Å². The van der Waals surface area contributed by atoms with Gasteiger partial charge in [0.25, 0.3) is 6.43 Å². The van der Waals surface area contributed by atoms with Gasteiger partial charge in [-0.05, 0) is 13.8 Å². The molecule has 2 atom stereocenters. The fraction of sp³-hybridized carbons (Fsp3) is 1.00. The second kappa shape index (κ2) is 4.14. The molecule has 0 aliphatic carbocycles. The first-order valence-electron chi connectivity index (χ1n) is 4.36. The van der Waals surface area contributed by atoms with Crippen LogP contribution >= 0.6 is 0 Å². The normalized spacial score (nSPS) is 32.8. The maximum Gasteiger partial charge on any atom is 0.251 e. The Morgan fingerprint density at radius 1 is 1.33 bits per heavy atom. The molecule has 12 heavy (non-hydrogen) atoms. The highest BCUT2D eigenvalue weighted by atomic mass is 19.3. The number of halogens is 2. The van der Waals surface area contributed by atoms with Gasteiger partial charge in [0.15, 0.2) is 0 Å². The summed E-state index contributed by atoms with van der Waals surface area (Å²) in [7, 11) is 0. The minimum Gasteiger partial charge on any atom is -0.314 e. The summed E-state index contributed by atoms with van der Waals surface area (Å²) < 4.78 is 24.2. The predicted octanol–water partition coefficient (Wildman–Crippen LogP) is 0.934. The molecule has 0 spiro atoms. The maximum absolute atomic E-state index is 12.1. The van der Waals surface area contributed by atoms with Crippen molar-refractivity contribution in [2.24, 2.45) is 0 Å². The summed E-state index contributed by atoms with van der Waals surface area (Å²) in [4.78, 5) is 1.86. The number of rotatable bonds is 2. The second-order valence-corrected chi connectivity index (χ2v) is 3.44. The molecule has 72 valence electrons. The Morgan fingerprint density at radius 2 is 1.83 bits per heavy atom. The van der Waals surface area contributed by atoms with Crippen LogP contribution in [0.3, 0.4) is 0 Å². The molecule has 0 aromatic carbocycles. The van der Waals surface area contributed by atoms with Crippen LogP contribution in [0.2, 0.25) is 0 Å². The van der Waals surface area contributed by atoms with Gasteiger partial charge in [-0.25, -0.2) is 8.78 Å². The Balaban J connectivity index is 2.45. The van der Waals surface area contributed by atoms with Gasteiger partial charge in [0.2, 0.25) is 0 Å². The Morgan fingerprint density at radius 3 is 2.25 bits per heavy atom. The van der Waals surface area contributed by atoms with Crippen molar-refractivity contribution >= 4 is 0 Å². The summed E-state index contributed by atoms with van der Waals surface area (Å²) in [5.41, 5.74) is 0. The SMILES string of the molecule is CC1CNCC(C)N1CC(F)F. The highest BCUT2D eigenvalue weighted by Gasteiger charge is 2.26. The van der Waals surface area contributed by atoms with Crippen molar-refractivity contribution < 1.29 is 8.78 Å². The van der Waals surface area contributed by atoms with Crippen molar-refractivity contribution in [3.8, 4) is 0 Å². The monoisotopic (exact) mass is 178 g/mol. The minimum absolute atomic E-state index is 0.0932. The molecule has 2 unspecified atom stereocenters. The first-order valence-corrected chi connectivity index (χ1v) is 4.36. The van der Waals surface area contributed by atoms with Crippen molar-refractivity contribution in [1.29, 1.82) is 0 Å². The Bertz CT molecular complexity index is 131. The second-order valence-electron chi connectivity index (χ2n) is 3.44. The van der Waals surface area contributed by atoms with E-state index in [1.54, 1.807) is 0 Å². The fourth-order valence-electron chi connectivity index (χ4n) is 1.69. The number of alkyl halides is 2. The average molecular weight is 178 g/mol. The van der Waals surface area contributed by atoms with Crippen LogP contribution in [0, 0.1) is 0 Å². The van der Waals surface area contributed by atoms with E-state index in [1.807, 2.05) is 18.7 Å². The van der Waals surface area contributed by atoms with Crippen LogP contribution in [0.1, 0.15) is 13.8 Å². The molecule has 0 radical (unpaired) electrons. The molecule has 0 bridgehead atoms. The third kappa shape index (κ3) is 2.38. The molecule has 1 saturated heterocycles. The quantitative estimate of drug-likeness (QED) is 0.676. The zero-order valence-corrected chi connectivity index (χ0v) is 7.56. The number of hydrogen-bond donors (Lipinski definition) is 1. The first-order chi connectivity index (χ1) is 5.61. The standard InChI is InChI=1S/C8H16F2N2/c1-6-3-11-4-7(2)12(6)5-8(9)10/h6-8,11H,3-5H2,1-2H3. The number of hydrogen-bond acceptors (Lipinski definition) is 2. The highest BCUT2D eigenvalue weighted by molar-refractivity contribution is 4.82. The molecule has 1 fully saturated rings. The lowest BCUT2D eigenvalue weighted by Crippen LogP contribution is -2.56. The third-order valence-electron chi connectivity index (χ3n) is 2.36. The lowest BCUT2D eigenvalue weighted by molar-refractivity contribution is 0.0334. The molecule has 0 aromatic heterocycles. The lowest BCUT2D eigenvalue weighted by Gasteiger charge is -2.39. The predicted molar refractivity (Wildman–Crippen MR) is 44.5 cm³/mol. The molecule has 1 N–H and O–H groups in total. The number of nitrogens with zero attached hydrogens (tertiary/aromatic N) is 1. The Kier molecular flexibility index (Phi) is 3.40. The van der Waals surface area contributed by atoms with Crippen molar-refractivity contribution in [3.05, 3.63) is 0 Å². The van der Waals surface area contributed by atoms with Crippen molar-refractivity contribution in [2.45, 2.75) is 32.4 Å². The third-order valence-corrected chi connectivity index (χ3v) is 2.36. The zero-order valence-electron chi connectivity index (χ0n) is 7.56. The lowest BCUT2D eigenvalue weighted by atomic mass is 10.1. The van der Waals surface area contributed by atoms with Crippen LogP contribution in [0.5, 0.6) is 0 Å². The van der Waals surface area contributed by atoms with Gasteiger partial charge in [0, 0.05) is 25.2 Å². The van der Waals surface area contributed by atoms with Crippen LogP contribution < -0.4 is 5.32 Å². The molecule has 1 aliphatic rings. The van der Waals surface area contributed by atoms with E-state index in [-0.39, 0.29) is 18.6 Å². The van der Waals surface area contributed by atoms with E-state index < -0.39 is 6.43 Å². The van der Waals surface area contributed by atoms with Gasteiger partial charge in [-0.1, -0.05) is 0 Å². The minimum atomic E-state index is -2.21. The first kappa shape index (κ1) is 9.86. The summed E-state index contributed by atoms with van der Waals surface area (Å²) in [6.45, 7) is 5.49. The number of nitrogens with one attached hydrogen (secondary N) is 1. The van der Waals surface area contributed by atoms with Crippen LogP contribution in [-0.2, 0) is 0 Å². The molecule has 0 amide bonds. The van der Waals surface area contributed by atoms with Crippen LogP contribution in [0.4, 0.5) is 8.78 Å². The van der Waals surface area contributed by atoms with E-state index in [4.69, 9.17) is 0 Å². The summed E-state index contributed by atoms with van der Waals surface area (Å²) in [6.07, 6.45) is -2.21. The van der Waals surface area contributed by atoms with Crippen molar-refractivity contribution in [1.82, 2.24) is 10.2 Å². The molecule has 0 aromatic rings. The van der Waals surface area contributed by atoms with Crippen LogP contribution in [0.25, 0.3) is 0 Å². The van der Waals surface area contributed by atoms with Gasteiger partial charge >= 0.3 is 0 Å². The zero-order chi connectivity index (χ0) is 9.14. The molecule has 0 saturated carbocycles. The van der Waals surface area contributed by atoms with Crippen molar-refractivity contribution in [2.75, 3.05) is 19.6 Å². The van der Waals surface area contributed by atoms with Gasteiger partial charge < -0.3 is 5.32 Å². The van der Waals surface area contributed by atoms with E-state index in [0.29, 0.717) is 0 Å². The van der Waals surface area contributed by atoms with Crippen molar-refractivity contribution in [3.63, 3.8) is 0 Å². The molecular weight excluding hydrogens is 162 g/mol. The topological polar surface area (TPSA) is 15.3 Å². The fourth-order valence-corrected chi connectivity index (χ4v) is 1.69. The molecule has 1 rings (SSSR count). The highest BCUT2D eigenvalue weighted by Crippen LogP contribution is 2.11. The molecule has 1 heterocycles. The van der Waals surface area contributed by atoms with Gasteiger partial charge in [0.05, 0.1) is 6.54 Å². The van der Waals surface area contributed by atoms with Gasteiger partial charge in [0.1, 0.15) is 0 Å². The van der Waals surface area contributed by atoms with E-state index >= 15 is 0 Å². The summed E-state index contributed by atoms with van der Waals surface area (Å²) in [5.74, 6) is 0. The maximum atomic E-state index is 12.1. The van der Waals surface area contributed by atoms with E-state index in [0.717, 1.165) is 13.1 Å².